The van der Waals surface area contributed by atoms with Crippen LogP contribution in [0.15, 0.2) is 65.8 Å². The van der Waals surface area contributed by atoms with Gasteiger partial charge >= 0.3 is 0 Å². The Hall–Kier alpha value is -4.90. The number of hydrogen-bond donors (Lipinski definition) is 4. The Morgan fingerprint density at radius 3 is 2.46 bits per heavy atom. The van der Waals surface area contributed by atoms with E-state index < -0.39 is 11.8 Å². The summed E-state index contributed by atoms with van der Waals surface area (Å²) in [4.78, 5) is 46.2. The minimum Gasteiger partial charge on any atom is -0.409 e. The van der Waals surface area contributed by atoms with E-state index in [4.69, 9.17) is 10.7 Å². The average Bonchev–Trinajstić information content (AvgIpc) is 3.68. The van der Waals surface area contributed by atoms with E-state index in [1.165, 1.54) is 24.6 Å². The first-order chi connectivity index (χ1) is 22.0. The first-order valence-corrected chi connectivity index (χ1v) is 16.0. The summed E-state index contributed by atoms with van der Waals surface area (Å²) in [5.74, 6) is -1.98. The van der Waals surface area contributed by atoms with Crippen LogP contribution in [0.5, 0.6) is 0 Å². The number of carbonyl (C=O) groups excluding carboxylic acids is 3. The number of thiophene rings is 1. The molecule has 11 heteroatoms. The molecule has 1 aliphatic carbocycles. The normalized spacial score (nSPS) is 14.3. The number of aromatic nitrogens is 1. The molecule has 2 heterocycles. The van der Waals surface area contributed by atoms with Gasteiger partial charge in [-0.2, -0.15) is 0 Å². The van der Waals surface area contributed by atoms with Crippen molar-refractivity contribution in [2.45, 2.75) is 58.9 Å². The lowest BCUT2D eigenvalue weighted by Crippen LogP contribution is -2.32. The van der Waals surface area contributed by atoms with E-state index in [1.54, 1.807) is 24.3 Å². The molecule has 5 rings (SSSR count). The number of amides is 3. The second kappa shape index (κ2) is 14.0. The van der Waals surface area contributed by atoms with Crippen LogP contribution in [0.3, 0.4) is 0 Å². The Morgan fingerprint density at radius 1 is 1.02 bits per heavy atom. The fourth-order valence-corrected chi connectivity index (χ4v) is 6.82. The number of aryl methyl sites for hydroxylation is 3. The average molecular weight is 642 g/mol. The van der Waals surface area contributed by atoms with Crippen LogP contribution in [0, 0.1) is 11.7 Å². The lowest BCUT2D eigenvalue weighted by Gasteiger charge is -2.20. The zero-order chi connectivity index (χ0) is 33.0. The van der Waals surface area contributed by atoms with Gasteiger partial charge < -0.3 is 21.6 Å². The molecule has 3 amide bonds. The molecule has 0 unspecified atom stereocenters. The number of halogens is 1. The molecule has 46 heavy (non-hydrogen) atoms. The fourth-order valence-electron chi connectivity index (χ4n) is 5.86. The van der Waals surface area contributed by atoms with Crippen LogP contribution in [0.4, 0.5) is 4.39 Å². The summed E-state index contributed by atoms with van der Waals surface area (Å²) in [7, 11) is 0. The van der Waals surface area contributed by atoms with E-state index in [-0.39, 0.29) is 52.6 Å². The predicted octanol–water partition coefficient (Wildman–Crippen LogP) is 5.99. The molecule has 1 atom stereocenters. The minimum atomic E-state index is -0.758. The molecule has 1 aliphatic rings. The number of nitrogens with zero attached hydrogens (tertiary/aromatic N) is 2. The maximum atomic E-state index is 13.9. The summed E-state index contributed by atoms with van der Waals surface area (Å²) in [6.07, 6.45) is 2.79. The quantitative estimate of drug-likeness (QED) is 0.0728. The highest BCUT2D eigenvalue weighted by atomic mass is 32.1. The van der Waals surface area contributed by atoms with Gasteiger partial charge in [-0.15, -0.1) is 11.3 Å². The number of benzene rings is 2. The molecule has 0 spiro atoms. The zero-order valence-corrected chi connectivity index (χ0v) is 26.7. The minimum absolute atomic E-state index is 0.0598. The first-order valence-electron chi connectivity index (χ1n) is 15.1. The van der Waals surface area contributed by atoms with Crippen molar-refractivity contribution in [1.29, 1.82) is 0 Å². The van der Waals surface area contributed by atoms with E-state index in [0.717, 1.165) is 35.3 Å². The molecule has 0 bridgehead atoms. The van der Waals surface area contributed by atoms with E-state index in [2.05, 4.69) is 21.9 Å². The fraction of sp³-hybridized carbons (Fsp3) is 0.286. The number of nitrogens with one attached hydrogen (secondary N) is 2. The van der Waals surface area contributed by atoms with Crippen molar-refractivity contribution in [1.82, 2.24) is 15.6 Å². The summed E-state index contributed by atoms with van der Waals surface area (Å²) in [6, 6.07) is 17.4. The largest absolute Gasteiger partial charge is 0.409 e. The SMILES string of the molecule is C/C(=N/O)NC(=O)c1c(CCc2ccc(F)cc2)nc(CC(C)C)c(C(N)=O)c1-c1ccc(C(=O)N[C@@H]2CCc3ccccc32)s1. The Bertz CT molecular complexity index is 1820. The molecule has 0 aliphatic heterocycles. The molecular formula is C35H36FN5O4S. The lowest BCUT2D eigenvalue weighted by atomic mass is 9.91. The summed E-state index contributed by atoms with van der Waals surface area (Å²) < 4.78 is 13.6. The molecule has 0 radical (unpaired) electrons. The summed E-state index contributed by atoms with van der Waals surface area (Å²) in [6.45, 7) is 5.39. The Labute approximate surface area is 270 Å². The summed E-state index contributed by atoms with van der Waals surface area (Å²) in [5.41, 5.74) is 10.4. The molecular weight excluding hydrogens is 605 g/mol. The molecule has 0 saturated carbocycles. The molecule has 2 aromatic heterocycles. The Balaban J connectivity index is 1.61. The Morgan fingerprint density at radius 2 is 1.76 bits per heavy atom. The van der Waals surface area contributed by atoms with Gasteiger partial charge in [0.05, 0.1) is 33.4 Å². The molecule has 2 aromatic carbocycles. The van der Waals surface area contributed by atoms with Crippen LogP contribution >= 0.6 is 11.3 Å². The predicted molar refractivity (Wildman–Crippen MR) is 176 cm³/mol. The standard InChI is InChI=1S/C35H36FN5O4S/c1-19(2)18-27-30(33(37)42)32(28-16-17-29(46-28)34(43)40-25-15-11-22-6-4-5-7-24(22)25)31(35(44)38-20(3)41-45)26(39-27)14-10-21-8-12-23(36)13-9-21/h4-9,12-13,16-17,19,25,45H,10-11,14-15,18H2,1-3H3,(H2,37,42)(H,40,43)(H,38,41,44)/t25-/m1/s1. The van der Waals surface area contributed by atoms with Gasteiger partial charge in [0.25, 0.3) is 17.7 Å². The number of carbonyl (C=O) groups is 3. The zero-order valence-electron chi connectivity index (χ0n) is 25.9. The first kappa shape index (κ1) is 32.5. The summed E-state index contributed by atoms with van der Waals surface area (Å²) in [5, 5.41) is 18.1. The van der Waals surface area contributed by atoms with Crippen LogP contribution in [0.1, 0.15) is 91.7 Å². The molecule has 9 nitrogen and oxygen atoms in total. The monoisotopic (exact) mass is 641 g/mol. The van der Waals surface area contributed by atoms with Crippen molar-refractivity contribution < 1.29 is 24.0 Å². The van der Waals surface area contributed by atoms with Crippen molar-refractivity contribution in [3.05, 3.63) is 111 Å². The topological polar surface area (TPSA) is 147 Å². The highest BCUT2D eigenvalue weighted by Crippen LogP contribution is 2.38. The van der Waals surface area contributed by atoms with E-state index in [9.17, 15) is 24.0 Å². The van der Waals surface area contributed by atoms with Crippen LogP contribution < -0.4 is 16.4 Å². The van der Waals surface area contributed by atoms with Crippen LogP contribution in [0.25, 0.3) is 10.4 Å². The number of amidine groups is 1. The van der Waals surface area contributed by atoms with Gasteiger partial charge in [0.2, 0.25) is 0 Å². The number of oxime groups is 1. The van der Waals surface area contributed by atoms with E-state index in [1.807, 2.05) is 32.0 Å². The van der Waals surface area contributed by atoms with Crippen molar-refractivity contribution in [3.8, 4) is 10.4 Å². The molecule has 0 saturated heterocycles. The molecule has 5 N–H and O–H groups in total. The third-order valence-corrected chi connectivity index (χ3v) is 9.05. The number of pyridine rings is 1. The van der Waals surface area contributed by atoms with Gasteiger partial charge in [0.1, 0.15) is 11.7 Å². The number of primary amides is 1. The number of hydrogen-bond acceptors (Lipinski definition) is 7. The number of fused-ring (bicyclic) bond motifs is 1. The van der Waals surface area contributed by atoms with Crippen molar-refractivity contribution >= 4 is 34.9 Å². The van der Waals surface area contributed by atoms with E-state index in [0.29, 0.717) is 34.0 Å². The van der Waals surface area contributed by atoms with Crippen molar-refractivity contribution in [2.75, 3.05) is 0 Å². The molecule has 0 fully saturated rings. The van der Waals surface area contributed by atoms with Gasteiger partial charge in [-0.1, -0.05) is 55.4 Å². The third kappa shape index (κ3) is 7.15. The van der Waals surface area contributed by atoms with Gasteiger partial charge in [-0.25, -0.2) is 4.39 Å². The van der Waals surface area contributed by atoms with Gasteiger partial charge in [-0.05, 0) is 85.9 Å². The maximum absolute atomic E-state index is 13.9. The highest BCUT2D eigenvalue weighted by molar-refractivity contribution is 7.17. The second-order valence-electron chi connectivity index (χ2n) is 11.8. The maximum Gasteiger partial charge on any atom is 0.261 e. The van der Waals surface area contributed by atoms with Crippen LogP contribution in [-0.2, 0) is 25.7 Å². The number of rotatable bonds is 10. The molecule has 4 aromatic rings. The lowest BCUT2D eigenvalue weighted by molar-refractivity contribution is 0.0938. The Kier molecular flexibility index (Phi) is 9.91. The second-order valence-corrected chi connectivity index (χ2v) is 12.9. The number of nitrogens with two attached hydrogens (primary N) is 1. The molecule has 238 valence electrons. The van der Waals surface area contributed by atoms with Crippen molar-refractivity contribution in [2.24, 2.45) is 16.8 Å². The smallest absolute Gasteiger partial charge is 0.261 e. The van der Waals surface area contributed by atoms with Crippen LogP contribution in [0.2, 0.25) is 0 Å². The van der Waals surface area contributed by atoms with Crippen molar-refractivity contribution in [3.63, 3.8) is 0 Å². The highest BCUT2D eigenvalue weighted by Gasteiger charge is 2.30. The van der Waals surface area contributed by atoms with E-state index >= 15 is 0 Å². The van der Waals surface area contributed by atoms with Gasteiger partial charge in [0.15, 0.2) is 0 Å². The third-order valence-electron chi connectivity index (χ3n) is 7.94. The summed E-state index contributed by atoms with van der Waals surface area (Å²) >= 11 is 1.15. The van der Waals surface area contributed by atoms with Gasteiger partial charge in [-0.3, -0.25) is 19.4 Å². The van der Waals surface area contributed by atoms with Crippen LogP contribution in [-0.4, -0.2) is 33.7 Å². The van der Waals surface area contributed by atoms with Gasteiger partial charge in [0, 0.05) is 10.4 Å².